The van der Waals surface area contributed by atoms with Crippen molar-refractivity contribution in [2.45, 2.75) is 9.79 Å². The van der Waals surface area contributed by atoms with Crippen LogP contribution in [0.3, 0.4) is 0 Å². The topological polar surface area (TPSA) is 17.4 Å². The Hall–Kier alpha value is -4.87. The summed E-state index contributed by atoms with van der Waals surface area (Å²) < 4.78 is 8.86. The maximum atomic E-state index is 6.46. The average Bonchev–Trinajstić information content (AvgIpc) is 3.38. The molecule has 0 spiro atoms. The number of benzene rings is 6. The first-order valence-electron chi connectivity index (χ1n) is 13.9. The molecule has 7 aromatic rings. The normalized spacial score (nSPS) is 13.4. The fraction of sp³-hybridized carbons (Fsp3) is 0. The largest absolute Gasteiger partial charge is 0.458 e. The fourth-order valence-electron chi connectivity index (χ4n) is 6.61. The summed E-state index contributed by atoms with van der Waals surface area (Å²) in [5.74, 6) is 1.82. The number of aromatic nitrogens is 1. The lowest BCUT2D eigenvalue weighted by atomic mass is 9.47. The van der Waals surface area contributed by atoms with Gasteiger partial charge in [-0.3, -0.25) is 0 Å². The lowest BCUT2D eigenvalue weighted by Gasteiger charge is -2.40. The molecule has 2 aliphatic rings. The van der Waals surface area contributed by atoms with E-state index >= 15 is 0 Å². The Bertz CT molecular complexity index is 2090. The third-order valence-electron chi connectivity index (χ3n) is 8.28. The van der Waals surface area contributed by atoms with E-state index in [0.29, 0.717) is 0 Å². The zero-order valence-electron chi connectivity index (χ0n) is 22.1. The van der Waals surface area contributed by atoms with E-state index in [-0.39, 0.29) is 6.85 Å². The molecule has 0 saturated heterocycles. The summed E-state index contributed by atoms with van der Waals surface area (Å²) in [7, 11) is 0. The maximum absolute atomic E-state index is 6.46. The number of fused-ring (bicyclic) bond motifs is 8. The zero-order valence-corrected chi connectivity index (χ0v) is 22.9. The third kappa shape index (κ3) is 3.30. The molecule has 5 heteroatoms. The Morgan fingerprint density at radius 2 is 1.20 bits per heavy atom. The number of ether oxygens (including phenoxy) is 1. The average molecular weight is 542 g/mol. The van der Waals surface area contributed by atoms with E-state index in [0.717, 1.165) is 17.2 Å². The van der Waals surface area contributed by atoms with E-state index in [1.54, 1.807) is 0 Å². The SMILES string of the molecule is c1ccc(-n2c3ccccc3c3c4c(ccc32)Sc2ccccc2N4B2c3ccccc3Oc3ccccc32)cc1. The highest BCUT2D eigenvalue weighted by Crippen LogP contribution is 2.53. The molecule has 192 valence electrons. The molecule has 0 saturated carbocycles. The van der Waals surface area contributed by atoms with Crippen LogP contribution in [-0.2, 0) is 0 Å². The molecular weight excluding hydrogens is 519 g/mol. The van der Waals surface area contributed by atoms with Crippen LogP contribution in [0.5, 0.6) is 11.5 Å². The second kappa shape index (κ2) is 8.82. The molecule has 2 aliphatic heterocycles. The summed E-state index contributed by atoms with van der Waals surface area (Å²) in [4.78, 5) is 5.09. The summed E-state index contributed by atoms with van der Waals surface area (Å²) in [6.45, 7) is -0.0543. The van der Waals surface area contributed by atoms with Crippen LogP contribution >= 0.6 is 11.8 Å². The number of para-hydroxylation sites is 5. The van der Waals surface area contributed by atoms with E-state index in [1.165, 1.54) is 53.9 Å². The van der Waals surface area contributed by atoms with Gasteiger partial charge in [0.15, 0.2) is 0 Å². The number of rotatable bonds is 2. The molecule has 9 rings (SSSR count). The molecule has 0 unspecified atom stereocenters. The molecule has 3 heterocycles. The van der Waals surface area contributed by atoms with Crippen molar-refractivity contribution >= 4 is 62.7 Å². The second-order valence-corrected chi connectivity index (χ2v) is 11.6. The first-order valence-corrected chi connectivity index (χ1v) is 14.7. The lowest BCUT2D eigenvalue weighted by Crippen LogP contribution is -2.57. The van der Waals surface area contributed by atoms with Gasteiger partial charge in [0.05, 0.1) is 16.7 Å². The Kier molecular flexibility index (Phi) is 4.93. The highest BCUT2D eigenvalue weighted by atomic mass is 32.2. The second-order valence-electron chi connectivity index (χ2n) is 10.5. The number of hydrogen-bond acceptors (Lipinski definition) is 3. The van der Waals surface area contributed by atoms with Gasteiger partial charge >= 0.3 is 6.85 Å². The summed E-state index contributed by atoms with van der Waals surface area (Å²) in [6.07, 6.45) is 0. The van der Waals surface area contributed by atoms with Crippen molar-refractivity contribution in [1.82, 2.24) is 4.57 Å². The van der Waals surface area contributed by atoms with Crippen LogP contribution in [0.4, 0.5) is 11.4 Å². The van der Waals surface area contributed by atoms with Crippen molar-refractivity contribution < 1.29 is 4.74 Å². The fourth-order valence-corrected chi connectivity index (χ4v) is 7.70. The molecule has 41 heavy (non-hydrogen) atoms. The highest BCUT2D eigenvalue weighted by Gasteiger charge is 2.41. The van der Waals surface area contributed by atoms with Gasteiger partial charge in [-0.05, 0) is 65.5 Å². The molecule has 3 nitrogen and oxygen atoms in total. The van der Waals surface area contributed by atoms with Crippen molar-refractivity contribution in [2.24, 2.45) is 0 Å². The summed E-state index contributed by atoms with van der Waals surface area (Å²) in [6, 6.07) is 49.9. The Morgan fingerprint density at radius 1 is 0.537 bits per heavy atom. The molecule has 0 atom stereocenters. The van der Waals surface area contributed by atoms with Gasteiger partial charge < -0.3 is 14.1 Å². The lowest BCUT2D eigenvalue weighted by molar-refractivity contribution is 0.487. The van der Waals surface area contributed by atoms with Crippen LogP contribution in [-0.4, -0.2) is 11.4 Å². The first-order chi connectivity index (χ1) is 20.4. The molecule has 0 bridgehead atoms. The van der Waals surface area contributed by atoms with Crippen LogP contribution in [0.15, 0.2) is 149 Å². The third-order valence-corrected chi connectivity index (χ3v) is 9.39. The summed E-state index contributed by atoms with van der Waals surface area (Å²) >= 11 is 1.86. The standard InChI is InChI=1S/C36H23BN2OS/c1-2-12-24(13-3-1)38-28-17-7-4-14-25(28)35-30(38)22-23-34-36(35)39(29-18-8-11-21-33(29)41-34)37-26-15-5-9-19-31(26)40-32-20-10-6-16-27(32)37/h1-23H. The van der Waals surface area contributed by atoms with Gasteiger partial charge in [-0.2, -0.15) is 0 Å². The Morgan fingerprint density at radius 3 is 2.00 bits per heavy atom. The van der Waals surface area contributed by atoms with Gasteiger partial charge in [0.2, 0.25) is 0 Å². The van der Waals surface area contributed by atoms with Gasteiger partial charge in [-0.25, -0.2) is 0 Å². The number of anilines is 2. The van der Waals surface area contributed by atoms with Gasteiger partial charge in [-0.1, -0.05) is 96.7 Å². The minimum atomic E-state index is -0.0543. The monoisotopic (exact) mass is 542 g/mol. The Labute approximate surface area is 242 Å². The van der Waals surface area contributed by atoms with Crippen LogP contribution in [0, 0.1) is 0 Å². The van der Waals surface area contributed by atoms with E-state index in [2.05, 4.69) is 149 Å². The minimum absolute atomic E-state index is 0.0543. The van der Waals surface area contributed by atoms with Crippen molar-refractivity contribution in [3.63, 3.8) is 0 Å². The van der Waals surface area contributed by atoms with Crippen LogP contribution in [0.25, 0.3) is 27.5 Å². The van der Waals surface area contributed by atoms with Crippen molar-refractivity contribution in [2.75, 3.05) is 4.81 Å². The quantitative estimate of drug-likeness (QED) is 0.205. The van der Waals surface area contributed by atoms with Crippen LogP contribution < -0.4 is 20.5 Å². The summed E-state index contributed by atoms with van der Waals surface area (Å²) in [5, 5.41) is 2.52. The van der Waals surface area contributed by atoms with E-state index in [4.69, 9.17) is 4.74 Å². The molecule has 0 fully saturated rings. The van der Waals surface area contributed by atoms with Crippen LogP contribution in [0.1, 0.15) is 0 Å². The van der Waals surface area contributed by atoms with Gasteiger partial charge in [0.1, 0.15) is 11.5 Å². The Balaban J connectivity index is 1.43. The predicted octanol–water partition coefficient (Wildman–Crippen LogP) is 8.30. The first kappa shape index (κ1) is 22.9. The van der Waals surface area contributed by atoms with Crippen molar-refractivity contribution in [1.29, 1.82) is 0 Å². The van der Waals surface area contributed by atoms with Crippen molar-refractivity contribution in [3.05, 3.63) is 140 Å². The predicted molar refractivity (Wildman–Crippen MR) is 171 cm³/mol. The van der Waals surface area contributed by atoms with Gasteiger partial charge in [0.25, 0.3) is 0 Å². The minimum Gasteiger partial charge on any atom is -0.458 e. The van der Waals surface area contributed by atoms with E-state index in [1.807, 2.05) is 11.8 Å². The van der Waals surface area contributed by atoms with Crippen molar-refractivity contribution in [3.8, 4) is 17.2 Å². The number of hydrogen-bond donors (Lipinski definition) is 0. The smallest absolute Gasteiger partial charge is 0.335 e. The molecule has 0 aliphatic carbocycles. The highest BCUT2D eigenvalue weighted by molar-refractivity contribution is 7.99. The molecule has 0 radical (unpaired) electrons. The van der Waals surface area contributed by atoms with Gasteiger partial charge in [-0.15, -0.1) is 0 Å². The van der Waals surface area contributed by atoms with E-state index in [9.17, 15) is 0 Å². The maximum Gasteiger partial charge on any atom is 0.335 e. The molecule has 6 aromatic carbocycles. The molecule has 0 amide bonds. The summed E-state index contributed by atoms with van der Waals surface area (Å²) in [5.41, 5.74) is 8.37. The number of nitrogens with zero attached hydrogens (tertiary/aromatic N) is 2. The molecule has 1 aromatic heterocycles. The molecular formula is C36H23BN2OS. The van der Waals surface area contributed by atoms with Gasteiger partial charge in [0, 0.05) is 31.9 Å². The van der Waals surface area contributed by atoms with Crippen LogP contribution in [0.2, 0.25) is 0 Å². The zero-order chi connectivity index (χ0) is 26.9. The van der Waals surface area contributed by atoms with E-state index < -0.39 is 0 Å². The molecule has 0 N–H and O–H groups in total.